The number of benzene rings is 1. The molecule has 32 heavy (non-hydrogen) atoms. The molecule has 0 bridgehead atoms. The first-order chi connectivity index (χ1) is 15.6. The van der Waals surface area contributed by atoms with Gasteiger partial charge in [-0.25, -0.2) is 4.79 Å². The van der Waals surface area contributed by atoms with Crippen molar-refractivity contribution in [1.29, 1.82) is 0 Å². The van der Waals surface area contributed by atoms with Gasteiger partial charge in [-0.2, -0.15) is 4.98 Å². The lowest BCUT2D eigenvalue weighted by Crippen LogP contribution is -2.40. The molecule has 4 rings (SSSR count). The summed E-state index contributed by atoms with van der Waals surface area (Å²) in [5.74, 6) is 1.02. The smallest absolute Gasteiger partial charge is 0.332 e. The van der Waals surface area contributed by atoms with Gasteiger partial charge in [-0.15, -0.1) is 10.2 Å². The maximum atomic E-state index is 13.0. The highest BCUT2D eigenvalue weighted by molar-refractivity contribution is 6.28. The fourth-order valence-electron chi connectivity index (χ4n) is 3.68. The maximum Gasteiger partial charge on any atom is 0.332 e. The van der Waals surface area contributed by atoms with Gasteiger partial charge in [-0.3, -0.25) is 13.9 Å². The molecule has 0 radical (unpaired) electrons. The van der Waals surface area contributed by atoms with Crippen molar-refractivity contribution >= 4 is 22.8 Å². The van der Waals surface area contributed by atoms with Crippen molar-refractivity contribution in [2.24, 2.45) is 0 Å². The van der Waals surface area contributed by atoms with Crippen LogP contribution in [0.15, 0.2) is 44.3 Å². The molecule has 0 amide bonds. The third kappa shape index (κ3) is 4.83. The summed E-state index contributed by atoms with van der Waals surface area (Å²) >= 11 is 5.98. The second-order valence-electron chi connectivity index (χ2n) is 7.68. The number of halogens is 1. The lowest BCUT2D eigenvalue weighted by atomic mass is 10.2. The number of hydrogen-bond donors (Lipinski definition) is 1. The van der Waals surface area contributed by atoms with Gasteiger partial charge in [0.05, 0.1) is 6.42 Å². The molecule has 0 unspecified atom stereocenters. The summed E-state index contributed by atoms with van der Waals surface area (Å²) in [5.41, 5.74) is 0.835. The number of unbranched alkanes of at least 4 members (excludes halogenated alkanes) is 2. The molecular formula is C22H25ClN6O3. The van der Waals surface area contributed by atoms with Crippen molar-refractivity contribution in [3.63, 3.8) is 0 Å². The van der Waals surface area contributed by atoms with Gasteiger partial charge in [0.25, 0.3) is 5.56 Å². The second-order valence-corrected chi connectivity index (χ2v) is 8.04. The Balaban J connectivity index is 1.48. The Bertz CT molecular complexity index is 1300. The van der Waals surface area contributed by atoms with Crippen molar-refractivity contribution < 1.29 is 4.42 Å². The number of aromatic amines is 1. The molecule has 3 heterocycles. The summed E-state index contributed by atoms with van der Waals surface area (Å²) < 4.78 is 8.48. The van der Waals surface area contributed by atoms with Gasteiger partial charge in [0.15, 0.2) is 11.2 Å². The van der Waals surface area contributed by atoms with E-state index in [-0.39, 0.29) is 23.0 Å². The zero-order chi connectivity index (χ0) is 22.5. The van der Waals surface area contributed by atoms with Gasteiger partial charge in [0.1, 0.15) is 0 Å². The lowest BCUT2D eigenvalue weighted by Gasteiger charge is -2.10. The Morgan fingerprint density at radius 2 is 1.75 bits per heavy atom. The number of nitrogens with zero attached hydrogens (tertiary/aromatic N) is 5. The number of nitrogens with one attached hydrogen (secondary N) is 1. The van der Waals surface area contributed by atoms with Crippen molar-refractivity contribution in [2.45, 2.75) is 58.5 Å². The molecule has 0 aliphatic carbocycles. The summed E-state index contributed by atoms with van der Waals surface area (Å²) in [5, 5.41) is 8.27. The average molecular weight is 457 g/mol. The van der Waals surface area contributed by atoms with E-state index in [2.05, 4.69) is 27.1 Å². The summed E-state index contributed by atoms with van der Waals surface area (Å²) in [6, 6.07) is 9.88. The minimum atomic E-state index is -0.425. The molecule has 0 saturated heterocycles. The normalized spacial score (nSPS) is 11.4. The molecule has 0 atom stereocenters. The topological polar surface area (TPSA) is 112 Å². The van der Waals surface area contributed by atoms with E-state index in [9.17, 15) is 9.59 Å². The van der Waals surface area contributed by atoms with Gasteiger partial charge in [-0.05, 0) is 30.0 Å². The van der Waals surface area contributed by atoms with Gasteiger partial charge in [-0.1, -0.05) is 50.1 Å². The largest absolute Gasteiger partial charge is 0.425 e. The zero-order valence-corrected chi connectivity index (χ0v) is 18.6. The van der Waals surface area contributed by atoms with Crippen LogP contribution in [0.4, 0.5) is 0 Å². The minimum Gasteiger partial charge on any atom is -0.425 e. The second kappa shape index (κ2) is 9.95. The number of rotatable bonds is 10. The first-order valence-electron chi connectivity index (χ1n) is 10.8. The highest BCUT2D eigenvalue weighted by Crippen LogP contribution is 2.12. The van der Waals surface area contributed by atoms with Crippen molar-refractivity contribution in [2.75, 3.05) is 0 Å². The fraction of sp³-hybridized carbons (Fsp3) is 0.409. The third-order valence-electron chi connectivity index (χ3n) is 5.30. The number of imidazole rings is 1. The third-order valence-corrected chi connectivity index (χ3v) is 5.48. The van der Waals surface area contributed by atoms with E-state index in [0.29, 0.717) is 43.2 Å². The van der Waals surface area contributed by atoms with Crippen LogP contribution in [-0.2, 0) is 25.9 Å². The minimum absolute atomic E-state index is 0.0929. The van der Waals surface area contributed by atoms with E-state index in [4.69, 9.17) is 16.0 Å². The Kier molecular flexibility index (Phi) is 6.84. The number of hydrogen-bond acceptors (Lipinski definition) is 6. The molecule has 0 saturated carbocycles. The molecule has 9 nitrogen and oxygen atoms in total. The highest BCUT2D eigenvalue weighted by Gasteiger charge is 2.17. The number of aromatic nitrogens is 6. The monoisotopic (exact) mass is 456 g/mol. The van der Waals surface area contributed by atoms with E-state index in [0.717, 1.165) is 24.8 Å². The molecular weight excluding hydrogens is 432 g/mol. The van der Waals surface area contributed by atoms with Crippen LogP contribution in [0.1, 0.15) is 50.0 Å². The van der Waals surface area contributed by atoms with E-state index < -0.39 is 5.56 Å². The van der Waals surface area contributed by atoms with Crippen LogP contribution in [0, 0.1) is 0 Å². The summed E-state index contributed by atoms with van der Waals surface area (Å²) in [6.07, 6.45) is 4.35. The van der Waals surface area contributed by atoms with E-state index in [1.165, 1.54) is 9.13 Å². The van der Waals surface area contributed by atoms with Gasteiger partial charge >= 0.3 is 5.69 Å². The van der Waals surface area contributed by atoms with E-state index in [1.54, 1.807) is 0 Å². The average Bonchev–Trinajstić information content (AvgIpc) is 3.40. The zero-order valence-electron chi connectivity index (χ0n) is 17.9. The molecule has 1 N–H and O–H groups in total. The van der Waals surface area contributed by atoms with Crippen LogP contribution < -0.4 is 11.2 Å². The maximum absolute atomic E-state index is 13.0. The predicted molar refractivity (Wildman–Crippen MR) is 121 cm³/mol. The van der Waals surface area contributed by atoms with Crippen LogP contribution in [-0.4, -0.2) is 29.3 Å². The highest BCUT2D eigenvalue weighted by atomic mass is 35.5. The van der Waals surface area contributed by atoms with E-state index >= 15 is 0 Å². The molecule has 0 aliphatic rings. The molecule has 1 aromatic carbocycles. The number of fused-ring (bicyclic) bond motifs is 1. The quantitative estimate of drug-likeness (QED) is 0.289. The lowest BCUT2D eigenvalue weighted by molar-refractivity contribution is 0.440. The number of H-pyrrole nitrogens is 1. The SMILES string of the molecule is CCCCCn1c(=O)n(CCCc2nnc(Cc3ccccc3)o2)c(=O)c2[nH]c(Cl)nc21. The van der Waals surface area contributed by atoms with Gasteiger partial charge in [0.2, 0.25) is 17.1 Å². The summed E-state index contributed by atoms with van der Waals surface area (Å²) in [6.45, 7) is 2.80. The Labute approximate surface area is 189 Å². The number of aryl methyl sites for hydroxylation is 2. The van der Waals surface area contributed by atoms with Crippen LogP contribution in [0.25, 0.3) is 11.2 Å². The van der Waals surface area contributed by atoms with Crippen molar-refractivity contribution in [3.05, 3.63) is 73.8 Å². The standard InChI is InChI=1S/C22H25ClN6O3/c1-2-3-7-12-28-19-18(24-21(23)25-19)20(30)29(22(28)31)13-8-11-16-26-27-17(32-16)14-15-9-5-4-6-10-15/h4-6,9-10H,2-3,7-8,11-14H2,1H3,(H,24,25). The Morgan fingerprint density at radius 1 is 1.00 bits per heavy atom. The van der Waals surface area contributed by atoms with Crippen LogP contribution in [0.3, 0.4) is 0 Å². The van der Waals surface area contributed by atoms with Gasteiger partial charge < -0.3 is 9.40 Å². The first kappa shape index (κ1) is 22.0. The van der Waals surface area contributed by atoms with Gasteiger partial charge in [0, 0.05) is 19.5 Å². The molecule has 0 spiro atoms. The Hall–Kier alpha value is -3.20. The Morgan fingerprint density at radius 3 is 2.53 bits per heavy atom. The van der Waals surface area contributed by atoms with E-state index in [1.807, 2.05) is 30.3 Å². The molecule has 0 fully saturated rings. The molecule has 3 aromatic heterocycles. The molecule has 10 heteroatoms. The van der Waals surface area contributed by atoms with Crippen molar-refractivity contribution in [1.82, 2.24) is 29.3 Å². The molecule has 168 valence electrons. The van der Waals surface area contributed by atoms with Crippen LogP contribution in [0.5, 0.6) is 0 Å². The summed E-state index contributed by atoms with van der Waals surface area (Å²) in [7, 11) is 0. The first-order valence-corrected chi connectivity index (χ1v) is 11.2. The fourth-order valence-corrected chi connectivity index (χ4v) is 3.85. The molecule has 4 aromatic rings. The summed E-state index contributed by atoms with van der Waals surface area (Å²) in [4.78, 5) is 32.8. The van der Waals surface area contributed by atoms with Crippen LogP contribution in [0.2, 0.25) is 5.28 Å². The van der Waals surface area contributed by atoms with Crippen molar-refractivity contribution in [3.8, 4) is 0 Å². The molecule has 0 aliphatic heterocycles. The predicted octanol–water partition coefficient (Wildman–Crippen LogP) is 3.34. The van der Waals surface area contributed by atoms with Crippen LogP contribution >= 0.6 is 11.6 Å².